The lowest BCUT2D eigenvalue weighted by Gasteiger charge is -2.38. The number of rotatable bonds is 7. The van der Waals surface area contributed by atoms with Gasteiger partial charge in [0.2, 0.25) is 0 Å². The molecule has 0 spiro atoms. The summed E-state index contributed by atoms with van der Waals surface area (Å²) in [5.74, 6) is 0.990. The first-order valence-corrected chi connectivity index (χ1v) is 10.7. The Labute approximate surface area is 182 Å². The molecule has 2 aromatic carbocycles. The van der Waals surface area contributed by atoms with Gasteiger partial charge >= 0.3 is 0 Å². The van der Waals surface area contributed by atoms with Crippen LogP contribution in [0.2, 0.25) is 0 Å². The minimum absolute atomic E-state index is 0.0466. The number of carbonyl (C=O) groups is 2. The van der Waals surface area contributed by atoms with E-state index in [2.05, 4.69) is 5.32 Å². The summed E-state index contributed by atoms with van der Waals surface area (Å²) in [6.45, 7) is 4.08. The maximum absolute atomic E-state index is 13.2. The molecule has 1 heterocycles. The zero-order chi connectivity index (χ0) is 22.1. The Bertz CT molecular complexity index is 987. The molecule has 7 heteroatoms. The number of hydrogen-bond acceptors (Lipinski definition) is 5. The van der Waals surface area contributed by atoms with Crippen molar-refractivity contribution in [1.82, 2.24) is 9.80 Å². The van der Waals surface area contributed by atoms with Crippen molar-refractivity contribution in [2.45, 2.75) is 45.0 Å². The molecule has 0 aromatic heterocycles. The lowest BCUT2D eigenvalue weighted by atomic mass is 10.0. The van der Waals surface area contributed by atoms with Crippen LogP contribution in [-0.2, 0) is 4.79 Å². The summed E-state index contributed by atoms with van der Waals surface area (Å²) in [5.41, 5.74) is 2.45. The van der Waals surface area contributed by atoms with Crippen molar-refractivity contribution in [2.24, 2.45) is 0 Å². The molecular formula is C24H29N3O4. The van der Waals surface area contributed by atoms with Crippen LogP contribution < -0.4 is 14.8 Å². The van der Waals surface area contributed by atoms with Gasteiger partial charge < -0.3 is 24.6 Å². The Kier molecular flexibility index (Phi) is 5.76. The molecule has 31 heavy (non-hydrogen) atoms. The molecular weight excluding hydrogens is 394 g/mol. The van der Waals surface area contributed by atoms with E-state index in [0.717, 1.165) is 24.1 Å². The van der Waals surface area contributed by atoms with Gasteiger partial charge in [0.1, 0.15) is 6.17 Å². The van der Waals surface area contributed by atoms with E-state index in [9.17, 15) is 9.59 Å². The van der Waals surface area contributed by atoms with Gasteiger partial charge in [0.25, 0.3) is 11.8 Å². The minimum atomic E-state index is -0.635. The van der Waals surface area contributed by atoms with Crippen LogP contribution in [-0.4, -0.2) is 54.5 Å². The molecule has 1 N–H and O–H groups in total. The molecule has 2 aromatic rings. The number of fused-ring (bicyclic) bond motifs is 1. The average Bonchev–Trinajstić information content (AvgIpc) is 3.59. The summed E-state index contributed by atoms with van der Waals surface area (Å²) in [6.07, 6.45) is 1.10. The van der Waals surface area contributed by atoms with Crippen molar-refractivity contribution in [1.29, 1.82) is 0 Å². The van der Waals surface area contributed by atoms with Crippen molar-refractivity contribution >= 4 is 17.5 Å². The number of likely N-dealkylation sites (N-methyl/N-ethyl adjacent to an activating group) is 1. The van der Waals surface area contributed by atoms with Gasteiger partial charge in [-0.15, -0.1) is 0 Å². The van der Waals surface area contributed by atoms with E-state index >= 15 is 0 Å². The molecule has 2 aliphatic rings. The Hall–Kier alpha value is -3.22. The van der Waals surface area contributed by atoms with Crippen LogP contribution in [0.25, 0.3) is 0 Å². The van der Waals surface area contributed by atoms with E-state index in [1.807, 2.05) is 54.3 Å². The minimum Gasteiger partial charge on any atom is -0.490 e. The Balaban J connectivity index is 1.66. The lowest BCUT2D eigenvalue weighted by Crippen LogP contribution is -2.44. The normalized spacial score (nSPS) is 18.6. The second-order valence-electron chi connectivity index (χ2n) is 8.17. The van der Waals surface area contributed by atoms with E-state index in [0.29, 0.717) is 23.7 Å². The number of amides is 2. The van der Waals surface area contributed by atoms with Crippen molar-refractivity contribution in [2.75, 3.05) is 26.0 Å². The number of ether oxygens (including phenoxy) is 2. The Morgan fingerprint density at radius 2 is 1.94 bits per heavy atom. The van der Waals surface area contributed by atoms with Gasteiger partial charge in [0.05, 0.1) is 12.2 Å². The second-order valence-corrected chi connectivity index (χ2v) is 8.17. The Morgan fingerprint density at radius 1 is 1.19 bits per heavy atom. The standard InChI is InChI=1S/C24H29N3O4/c1-5-30-21-14-16(10-13-20(21)31-15(2)23(28)26(3)4)22-25-19-9-7-6-8-18(19)24(29)27(22)17-11-12-17/h6-10,13-15,17,22,25H,5,11-12H2,1-4H3. The molecule has 2 amide bonds. The first-order chi connectivity index (χ1) is 14.9. The highest BCUT2D eigenvalue weighted by Gasteiger charge is 2.42. The quantitative estimate of drug-likeness (QED) is 0.736. The number of para-hydroxylation sites is 1. The molecule has 164 valence electrons. The number of hydrogen-bond donors (Lipinski definition) is 1. The van der Waals surface area contributed by atoms with Crippen LogP contribution >= 0.6 is 0 Å². The molecule has 2 atom stereocenters. The van der Waals surface area contributed by atoms with Gasteiger partial charge in [-0.1, -0.05) is 18.2 Å². The summed E-state index contributed by atoms with van der Waals surface area (Å²) >= 11 is 0. The van der Waals surface area contributed by atoms with E-state index in [4.69, 9.17) is 9.47 Å². The molecule has 0 radical (unpaired) electrons. The highest BCUT2D eigenvalue weighted by atomic mass is 16.5. The van der Waals surface area contributed by atoms with E-state index < -0.39 is 6.10 Å². The lowest BCUT2D eigenvalue weighted by molar-refractivity contribution is -0.135. The molecule has 4 rings (SSSR count). The van der Waals surface area contributed by atoms with Gasteiger partial charge in [0.15, 0.2) is 17.6 Å². The predicted octanol–water partition coefficient (Wildman–Crippen LogP) is 3.67. The number of anilines is 1. The van der Waals surface area contributed by atoms with Crippen LogP contribution in [0.4, 0.5) is 5.69 Å². The van der Waals surface area contributed by atoms with E-state index in [1.165, 1.54) is 4.90 Å². The SMILES string of the molecule is CCOc1cc(C2Nc3ccccc3C(=O)N2C2CC2)ccc1OC(C)C(=O)N(C)C. The zero-order valence-corrected chi connectivity index (χ0v) is 18.4. The number of benzene rings is 2. The molecule has 1 aliphatic heterocycles. The number of carbonyl (C=O) groups excluding carboxylic acids is 2. The fraction of sp³-hybridized carbons (Fsp3) is 0.417. The third-order valence-electron chi connectivity index (χ3n) is 5.58. The predicted molar refractivity (Wildman–Crippen MR) is 118 cm³/mol. The summed E-state index contributed by atoms with van der Waals surface area (Å²) in [4.78, 5) is 28.9. The van der Waals surface area contributed by atoms with Crippen LogP contribution in [0.5, 0.6) is 11.5 Å². The summed E-state index contributed by atoms with van der Waals surface area (Å²) in [6, 6.07) is 13.5. The van der Waals surface area contributed by atoms with Gasteiger partial charge in [-0.3, -0.25) is 9.59 Å². The van der Waals surface area contributed by atoms with E-state index in [1.54, 1.807) is 21.0 Å². The van der Waals surface area contributed by atoms with Crippen molar-refractivity contribution in [3.63, 3.8) is 0 Å². The van der Waals surface area contributed by atoms with Crippen LogP contribution in [0.15, 0.2) is 42.5 Å². The largest absolute Gasteiger partial charge is 0.490 e. The van der Waals surface area contributed by atoms with Gasteiger partial charge in [0, 0.05) is 25.8 Å². The molecule has 0 bridgehead atoms. The summed E-state index contributed by atoms with van der Waals surface area (Å²) in [5, 5.41) is 3.53. The highest BCUT2D eigenvalue weighted by molar-refractivity contribution is 6.02. The average molecular weight is 424 g/mol. The molecule has 7 nitrogen and oxygen atoms in total. The summed E-state index contributed by atoms with van der Waals surface area (Å²) in [7, 11) is 3.40. The molecule has 2 unspecified atom stereocenters. The van der Waals surface area contributed by atoms with Crippen molar-refractivity contribution in [3.8, 4) is 11.5 Å². The molecule has 1 saturated carbocycles. The van der Waals surface area contributed by atoms with Gasteiger partial charge in [-0.2, -0.15) is 0 Å². The monoisotopic (exact) mass is 423 g/mol. The topological polar surface area (TPSA) is 71.1 Å². The molecule has 0 saturated heterocycles. The Morgan fingerprint density at radius 3 is 2.61 bits per heavy atom. The maximum Gasteiger partial charge on any atom is 0.262 e. The first-order valence-electron chi connectivity index (χ1n) is 10.7. The highest BCUT2D eigenvalue weighted by Crippen LogP contribution is 2.42. The van der Waals surface area contributed by atoms with Gasteiger partial charge in [-0.05, 0) is 56.5 Å². The van der Waals surface area contributed by atoms with Crippen molar-refractivity contribution in [3.05, 3.63) is 53.6 Å². The fourth-order valence-electron chi connectivity index (χ4n) is 3.91. The van der Waals surface area contributed by atoms with Gasteiger partial charge in [-0.25, -0.2) is 0 Å². The van der Waals surface area contributed by atoms with Crippen LogP contribution in [0.3, 0.4) is 0 Å². The smallest absolute Gasteiger partial charge is 0.262 e. The third-order valence-corrected chi connectivity index (χ3v) is 5.58. The third kappa shape index (κ3) is 4.17. The number of nitrogens with zero attached hydrogens (tertiary/aromatic N) is 2. The van der Waals surface area contributed by atoms with Crippen molar-refractivity contribution < 1.29 is 19.1 Å². The fourth-order valence-corrected chi connectivity index (χ4v) is 3.91. The molecule has 1 fully saturated rings. The van der Waals surface area contributed by atoms with Crippen LogP contribution in [0.1, 0.15) is 48.8 Å². The number of nitrogens with one attached hydrogen (secondary N) is 1. The maximum atomic E-state index is 13.2. The van der Waals surface area contributed by atoms with E-state index in [-0.39, 0.29) is 24.0 Å². The zero-order valence-electron chi connectivity index (χ0n) is 18.4. The van der Waals surface area contributed by atoms with Crippen LogP contribution in [0, 0.1) is 0 Å². The second kappa shape index (κ2) is 8.49. The first kappa shape index (κ1) is 21.0. The summed E-state index contributed by atoms with van der Waals surface area (Å²) < 4.78 is 11.7. The molecule has 1 aliphatic carbocycles.